The van der Waals surface area contributed by atoms with Crippen molar-refractivity contribution in [3.05, 3.63) is 75.5 Å². The Hall–Kier alpha value is -1.23. The summed E-state index contributed by atoms with van der Waals surface area (Å²) in [5.41, 5.74) is 2.70. The molecule has 0 spiro atoms. The molecule has 2 aromatic heterocycles. The van der Waals surface area contributed by atoms with Gasteiger partial charge < -0.3 is 4.57 Å². The number of hydrogen-bond donors (Lipinski definition) is 0. The third-order valence-electron chi connectivity index (χ3n) is 3.92. The maximum atomic E-state index is 6.05. The second kappa shape index (κ2) is 8.75. The molecule has 0 aliphatic carbocycles. The Labute approximate surface area is 156 Å². The van der Waals surface area contributed by atoms with E-state index >= 15 is 0 Å². The molecule has 0 N–H and O–H groups in total. The fraction of sp³-hybridized carbons (Fsp3) is 0.316. The molecular weight excluding hydrogens is 356 g/mol. The zero-order valence-corrected chi connectivity index (χ0v) is 16.1. The van der Waals surface area contributed by atoms with Gasteiger partial charge in [-0.3, -0.25) is 0 Å². The number of benzene rings is 1. The highest BCUT2D eigenvalue weighted by atomic mass is 35.5. The average molecular weight is 377 g/mol. The summed E-state index contributed by atoms with van der Waals surface area (Å²) in [4.78, 5) is 5.53. The van der Waals surface area contributed by atoms with E-state index in [4.69, 9.17) is 11.6 Å². The monoisotopic (exact) mass is 376 g/mol. The van der Waals surface area contributed by atoms with E-state index in [1.165, 1.54) is 16.0 Å². The van der Waals surface area contributed by atoms with E-state index in [2.05, 4.69) is 46.8 Å². The summed E-state index contributed by atoms with van der Waals surface area (Å²) in [6.07, 6.45) is 8.02. The molecule has 0 bridgehead atoms. The Morgan fingerprint density at radius 2 is 2.04 bits per heavy atom. The molecule has 24 heavy (non-hydrogen) atoms. The minimum absolute atomic E-state index is 0.557. The summed E-state index contributed by atoms with van der Waals surface area (Å²) in [6.45, 7) is 3.13. The minimum atomic E-state index is 0.557. The van der Waals surface area contributed by atoms with Crippen molar-refractivity contribution in [1.29, 1.82) is 0 Å². The van der Waals surface area contributed by atoms with Crippen LogP contribution in [-0.2, 0) is 18.7 Å². The summed E-state index contributed by atoms with van der Waals surface area (Å²) in [6, 6.07) is 13.0. The van der Waals surface area contributed by atoms with Gasteiger partial charge in [-0.1, -0.05) is 41.4 Å². The summed E-state index contributed by atoms with van der Waals surface area (Å²) in [7, 11) is 0. The van der Waals surface area contributed by atoms with Crippen molar-refractivity contribution in [1.82, 2.24) is 9.55 Å². The van der Waals surface area contributed by atoms with E-state index < -0.39 is 0 Å². The Morgan fingerprint density at radius 3 is 2.71 bits per heavy atom. The third-order valence-corrected chi connectivity index (χ3v) is 6.57. The van der Waals surface area contributed by atoms with E-state index in [-0.39, 0.29) is 0 Å². The van der Waals surface area contributed by atoms with E-state index in [9.17, 15) is 0 Å². The maximum Gasteiger partial charge on any atom is 0.0946 e. The zero-order chi connectivity index (χ0) is 16.8. The van der Waals surface area contributed by atoms with Crippen LogP contribution in [0.15, 0.2) is 55.1 Å². The van der Waals surface area contributed by atoms with Gasteiger partial charge in [0.25, 0.3) is 0 Å². The SMILES string of the molecule is Cc1ccc(CSC(CCc2ccc(Cl)s2)Cn2ccnc2)cc1. The largest absolute Gasteiger partial charge is 0.336 e. The predicted octanol–water partition coefficient (Wildman–Crippen LogP) is 5.84. The molecule has 126 valence electrons. The molecule has 0 saturated carbocycles. The number of rotatable bonds is 8. The summed E-state index contributed by atoms with van der Waals surface area (Å²) >= 11 is 9.76. The summed E-state index contributed by atoms with van der Waals surface area (Å²) in [5, 5.41) is 0.557. The van der Waals surface area contributed by atoms with Gasteiger partial charge >= 0.3 is 0 Å². The molecule has 3 rings (SSSR count). The van der Waals surface area contributed by atoms with Gasteiger partial charge in [-0.2, -0.15) is 11.8 Å². The lowest BCUT2D eigenvalue weighted by Crippen LogP contribution is -2.13. The van der Waals surface area contributed by atoms with Crippen LogP contribution in [0.2, 0.25) is 4.34 Å². The number of imidazole rings is 1. The van der Waals surface area contributed by atoms with E-state index in [0.717, 1.165) is 29.5 Å². The van der Waals surface area contributed by atoms with Gasteiger partial charge in [-0.05, 0) is 37.5 Å². The van der Waals surface area contributed by atoms with Gasteiger partial charge in [0, 0.05) is 34.8 Å². The Balaban J connectivity index is 1.59. The second-order valence-corrected chi connectivity index (χ2v) is 9.01. The van der Waals surface area contributed by atoms with Crippen molar-refractivity contribution in [3.8, 4) is 0 Å². The maximum absolute atomic E-state index is 6.05. The zero-order valence-electron chi connectivity index (χ0n) is 13.7. The molecule has 0 fully saturated rings. The number of halogens is 1. The molecule has 3 aromatic rings. The first-order valence-electron chi connectivity index (χ1n) is 8.06. The standard InChI is InChI=1S/C19H21ClN2S2/c1-15-2-4-16(5-3-15)13-23-18(12-22-11-10-21-14-22)7-6-17-8-9-19(20)24-17/h2-5,8-11,14,18H,6-7,12-13H2,1H3. The number of hydrogen-bond acceptors (Lipinski definition) is 3. The molecule has 2 nitrogen and oxygen atoms in total. The highest BCUT2D eigenvalue weighted by molar-refractivity contribution is 7.99. The van der Waals surface area contributed by atoms with Gasteiger partial charge in [0.05, 0.1) is 10.7 Å². The van der Waals surface area contributed by atoms with Crippen LogP contribution in [0, 0.1) is 6.92 Å². The smallest absolute Gasteiger partial charge is 0.0946 e. The number of thioether (sulfide) groups is 1. The van der Waals surface area contributed by atoms with Gasteiger partial charge in [0.2, 0.25) is 0 Å². The van der Waals surface area contributed by atoms with Crippen LogP contribution in [0.4, 0.5) is 0 Å². The van der Waals surface area contributed by atoms with Crippen LogP contribution in [0.3, 0.4) is 0 Å². The molecule has 2 heterocycles. The van der Waals surface area contributed by atoms with Crippen LogP contribution in [0.25, 0.3) is 0 Å². The van der Waals surface area contributed by atoms with Gasteiger partial charge in [-0.15, -0.1) is 11.3 Å². The first kappa shape index (κ1) is 17.6. The van der Waals surface area contributed by atoms with Crippen LogP contribution >= 0.6 is 34.7 Å². The predicted molar refractivity (Wildman–Crippen MR) is 106 cm³/mol. The van der Waals surface area contributed by atoms with Crippen LogP contribution in [0.1, 0.15) is 22.4 Å². The Morgan fingerprint density at radius 1 is 1.21 bits per heavy atom. The molecule has 0 amide bonds. The topological polar surface area (TPSA) is 17.8 Å². The fourth-order valence-electron chi connectivity index (χ4n) is 2.54. The normalized spacial score (nSPS) is 12.4. The number of nitrogens with zero attached hydrogens (tertiary/aromatic N) is 2. The van der Waals surface area contributed by atoms with E-state index in [1.807, 2.05) is 36.5 Å². The van der Waals surface area contributed by atoms with Crippen molar-refractivity contribution in [2.75, 3.05) is 0 Å². The van der Waals surface area contributed by atoms with Crippen molar-refractivity contribution in [2.24, 2.45) is 0 Å². The summed E-state index contributed by atoms with van der Waals surface area (Å²) < 4.78 is 3.05. The fourth-order valence-corrected chi connectivity index (χ4v) is 4.83. The number of aromatic nitrogens is 2. The quantitative estimate of drug-likeness (QED) is 0.491. The van der Waals surface area contributed by atoms with Crippen molar-refractivity contribution in [2.45, 2.75) is 37.3 Å². The molecular formula is C19H21ClN2S2. The highest BCUT2D eigenvalue weighted by Gasteiger charge is 2.12. The molecule has 0 radical (unpaired) electrons. The minimum Gasteiger partial charge on any atom is -0.336 e. The Kier molecular flexibility index (Phi) is 6.41. The molecule has 1 unspecified atom stereocenters. The van der Waals surface area contributed by atoms with Crippen LogP contribution in [-0.4, -0.2) is 14.8 Å². The average Bonchev–Trinajstić information content (AvgIpc) is 3.23. The van der Waals surface area contributed by atoms with Gasteiger partial charge in [-0.25, -0.2) is 4.98 Å². The van der Waals surface area contributed by atoms with Gasteiger partial charge in [0.15, 0.2) is 0 Å². The summed E-state index contributed by atoms with van der Waals surface area (Å²) in [5.74, 6) is 1.05. The number of thiophene rings is 1. The van der Waals surface area contributed by atoms with Crippen molar-refractivity contribution < 1.29 is 0 Å². The second-order valence-electron chi connectivity index (χ2n) is 5.92. The lowest BCUT2D eigenvalue weighted by molar-refractivity contribution is 0.626. The van der Waals surface area contributed by atoms with Crippen molar-refractivity contribution >= 4 is 34.7 Å². The highest BCUT2D eigenvalue weighted by Crippen LogP contribution is 2.27. The van der Waals surface area contributed by atoms with E-state index in [1.54, 1.807) is 11.3 Å². The molecule has 0 aliphatic heterocycles. The first-order chi connectivity index (χ1) is 11.7. The number of aryl methyl sites for hydroxylation is 2. The third kappa shape index (κ3) is 5.40. The molecule has 5 heteroatoms. The Bertz CT molecular complexity index is 735. The van der Waals surface area contributed by atoms with Crippen molar-refractivity contribution in [3.63, 3.8) is 0 Å². The van der Waals surface area contributed by atoms with Gasteiger partial charge in [0.1, 0.15) is 0 Å². The van der Waals surface area contributed by atoms with E-state index in [0.29, 0.717) is 5.25 Å². The van der Waals surface area contributed by atoms with Crippen LogP contribution in [0.5, 0.6) is 0 Å². The molecule has 1 aromatic carbocycles. The molecule has 0 saturated heterocycles. The molecule has 1 atom stereocenters. The molecule has 0 aliphatic rings. The lowest BCUT2D eigenvalue weighted by Gasteiger charge is -2.17. The first-order valence-corrected chi connectivity index (χ1v) is 10.3. The van der Waals surface area contributed by atoms with Crippen LogP contribution < -0.4 is 0 Å². The lowest BCUT2D eigenvalue weighted by atomic mass is 10.2.